The van der Waals surface area contributed by atoms with Gasteiger partial charge in [0.2, 0.25) is 5.91 Å². The molecule has 2 aromatic carbocycles. The second-order valence-electron chi connectivity index (χ2n) is 5.82. The highest BCUT2D eigenvalue weighted by Gasteiger charge is 2.17. The van der Waals surface area contributed by atoms with Crippen LogP contribution in [0.5, 0.6) is 5.75 Å². The van der Waals surface area contributed by atoms with Crippen LogP contribution >= 0.6 is 23.4 Å². The smallest absolute Gasteiger partial charge is 0.230 e. The van der Waals surface area contributed by atoms with Crippen LogP contribution in [0.1, 0.15) is 13.8 Å². The standard InChI is InChI=1S/C20H21ClN4O2S/c1-3-22-18(26)13-28-20-24-23-19(14-6-5-7-15(21)12-14)25(20)16-8-10-17(11-9-16)27-4-2/h5-12H,3-4,13H2,1-2H3,(H,22,26). The van der Waals surface area contributed by atoms with Crippen molar-refractivity contribution >= 4 is 29.3 Å². The van der Waals surface area contributed by atoms with E-state index in [1.54, 1.807) is 0 Å². The van der Waals surface area contributed by atoms with Crippen molar-refractivity contribution < 1.29 is 9.53 Å². The molecule has 3 rings (SSSR count). The van der Waals surface area contributed by atoms with Crippen LogP contribution in [0.4, 0.5) is 0 Å². The Hall–Kier alpha value is -2.51. The van der Waals surface area contributed by atoms with E-state index in [9.17, 15) is 4.79 Å². The predicted molar refractivity (Wildman–Crippen MR) is 112 cm³/mol. The number of nitrogens with one attached hydrogen (secondary N) is 1. The van der Waals surface area contributed by atoms with Crippen LogP contribution in [0.3, 0.4) is 0 Å². The summed E-state index contributed by atoms with van der Waals surface area (Å²) >= 11 is 7.50. The number of thioether (sulfide) groups is 1. The maximum absolute atomic E-state index is 11.9. The fourth-order valence-electron chi connectivity index (χ4n) is 2.65. The molecule has 0 spiro atoms. The van der Waals surface area contributed by atoms with E-state index in [0.29, 0.717) is 29.2 Å². The fourth-order valence-corrected chi connectivity index (χ4v) is 3.62. The summed E-state index contributed by atoms with van der Waals surface area (Å²) in [6, 6.07) is 15.1. The lowest BCUT2D eigenvalue weighted by molar-refractivity contribution is -0.118. The van der Waals surface area contributed by atoms with Crippen molar-refractivity contribution in [3.63, 3.8) is 0 Å². The van der Waals surface area contributed by atoms with Gasteiger partial charge in [0.05, 0.1) is 12.4 Å². The molecule has 1 heterocycles. The van der Waals surface area contributed by atoms with Gasteiger partial charge in [-0.25, -0.2) is 0 Å². The van der Waals surface area contributed by atoms with Crippen molar-refractivity contribution in [2.45, 2.75) is 19.0 Å². The molecule has 1 N–H and O–H groups in total. The Labute approximate surface area is 173 Å². The third kappa shape index (κ3) is 4.85. The van der Waals surface area contributed by atoms with Crippen molar-refractivity contribution in [1.82, 2.24) is 20.1 Å². The zero-order chi connectivity index (χ0) is 19.9. The molecule has 146 valence electrons. The molecule has 1 amide bonds. The van der Waals surface area contributed by atoms with Gasteiger partial charge in [-0.15, -0.1) is 10.2 Å². The summed E-state index contributed by atoms with van der Waals surface area (Å²) in [6.45, 7) is 5.04. The minimum atomic E-state index is -0.0435. The Morgan fingerprint density at radius 2 is 1.96 bits per heavy atom. The highest BCUT2D eigenvalue weighted by atomic mass is 35.5. The first-order valence-corrected chi connectivity index (χ1v) is 10.3. The molecule has 28 heavy (non-hydrogen) atoms. The van der Waals surface area contributed by atoms with Gasteiger partial charge >= 0.3 is 0 Å². The van der Waals surface area contributed by atoms with Gasteiger partial charge in [0.15, 0.2) is 11.0 Å². The average molecular weight is 417 g/mol. The largest absolute Gasteiger partial charge is 0.494 e. The zero-order valence-corrected chi connectivity index (χ0v) is 17.3. The topological polar surface area (TPSA) is 69.0 Å². The predicted octanol–water partition coefficient (Wildman–Crippen LogP) is 4.21. The maximum Gasteiger partial charge on any atom is 0.230 e. The number of benzene rings is 2. The lowest BCUT2D eigenvalue weighted by Crippen LogP contribution is -2.24. The van der Waals surface area contributed by atoms with Crippen molar-refractivity contribution in [3.8, 4) is 22.8 Å². The zero-order valence-electron chi connectivity index (χ0n) is 15.7. The first kappa shape index (κ1) is 20.2. The first-order valence-electron chi connectivity index (χ1n) is 8.96. The third-order valence-corrected chi connectivity index (χ3v) is 4.99. The molecule has 0 radical (unpaired) electrons. The Morgan fingerprint density at radius 3 is 2.64 bits per heavy atom. The first-order chi connectivity index (χ1) is 13.6. The Morgan fingerprint density at radius 1 is 1.18 bits per heavy atom. The summed E-state index contributed by atoms with van der Waals surface area (Å²) in [6.07, 6.45) is 0. The van der Waals surface area contributed by atoms with Gasteiger partial charge in [-0.3, -0.25) is 9.36 Å². The number of carbonyl (C=O) groups is 1. The molecule has 0 bridgehead atoms. The summed E-state index contributed by atoms with van der Waals surface area (Å²) in [5.41, 5.74) is 1.72. The molecule has 3 aromatic rings. The van der Waals surface area contributed by atoms with Gasteiger partial charge < -0.3 is 10.1 Å². The fraction of sp³-hybridized carbons (Fsp3) is 0.250. The van der Waals surface area contributed by atoms with Crippen LogP contribution in [-0.2, 0) is 4.79 Å². The van der Waals surface area contributed by atoms with E-state index in [1.165, 1.54) is 11.8 Å². The normalized spacial score (nSPS) is 10.7. The molecule has 6 nitrogen and oxygen atoms in total. The van der Waals surface area contributed by atoms with Crippen molar-refractivity contribution in [3.05, 3.63) is 53.6 Å². The summed E-state index contributed by atoms with van der Waals surface area (Å²) in [4.78, 5) is 11.9. The maximum atomic E-state index is 11.9. The number of carbonyl (C=O) groups excluding carboxylic acids is 1. The molecule has 0 aliphatic carbocycles. The van der Waals surface area contributed by atoms with Gasteiger partial charge in [-0.2, -0.15) is 0 Å². The number of nitrogens with zero attached hydrogens (tertiary/aromatic N) is 3. The SMILES string of the molecule is CCNC(=O)CSc1nnc(-c2cccc(Cl)c2)n1-c1ccc(OCC)cc1. The number of aromatic nitrogens is 3. The molecule has 0 unspecified atom stereocenters. The molecular weight excluding hydrogens is 396 g/mol. The Balaban J connectivity index is 1.99. The summed E-state index contributed by atoms with van der Waals surface area (Å²) < 4.78 is 7.45. The van der Waals surface area contributed by atoms with Crippen molar-refractivity contribution in [2.24, 2.45) is 0 Å². The van der Waals surface area contributed by atoms with E-state index in [-0.39, 0.29) is 11.7 Å². The average Bonchev–Trinajstić information content (AvgIpc) is 3.11. The molecule has 0 saturated carbocycles. The Kier molecular flexibility index (Phi) is 6.95. The number of rotatable bonds is 8. The van der Waals surface area contributed by atoms with Gasteiger partial charge in [0.1, 0.15) is 5.75 Å². The number of halogens is 1. The number of hydrogen-bond donors (Lipinski definition) is 1. The van der Waals surface area contributed by atoms with E-state index < -0.39 is 0 Å². The van der Waals surface area contributed by atoms with E-state index >= 15 is 0 Å². The van der Waals surface area contributed by atoms with Crippen molar-refractivity contribution in [2.75, 3.05) is 18.9 Å². The minimum Gasteiger partial charge on any atom is -0.494 e. The van der Waals surface area contributed by atoms with E-state index in [0.717, 1.165) is 17.0 Å². The monoisotopic (exact) mass is 416 g/mol. The molecule has 0 aliphatic heterocycles. The number of amides is 1. The van der Waals surface area contributed by atoms with Crippen molar-refractivity contribution in [1.29, 1.82) is 0 Å². The van der Waals surface area contributed by atoms with Crippen LogP contribution in [0.25, 0.3) is 17.1 Å². The highest BCUT2D eigenvalue weighted by molar-refractivity contribution is 7.99. The summed E-state index contributed by atoms with van der Waals surface area (Å²) in [5, 5.41) is 12.7. The van der Waals surface area contributed by atoms with Gasteiger partial charge in [-0.1, -0.05) is 35.5 Å². The van der Waals surface area contributed by atoms with Crippen LogP contribution in [0.15, 0.2) is 53.7 Å². The van der Waals surface area contributed by atoms with Crippen LogP contribution < -0.4 is 10.1 Å². The van der Waals surface area contributed by atoms with E-state index in [4.69, 9.17) is 16.3 Å². The summed E-state index contributed by atoms with van der Waals surface area (Å²) in [7, 11) is 0. The van der Waals surface area contributed by atoms with Gasteiger partial charge in [0, 0.05) is 22.8 Å². The number of hydrogen-bond acceptors (Lipinski definition) is 5. The second-order valence-corrected chi connectivity index (χ2v) is 7.20. The lowest BCUT2D eigenvalue weighted by atomic mass is 10.2. The van der Waals surface area contributed by atoms with E-state index in [2.05, 4.69) is 15.5 Å². The minimum absolute atomic E-state index is 0.0435. The van der Waals surface area contributed by atoms with Gasteiger partial charge in [-0.05, 0) is 50.2 Å². The second kappa shape index (κ2) is 9.61. The van der Waals surface area contributed by atoms with Gasteiger partial charge in [0.25, 0.3) is 0 Å². The molecule has 0 atom stereocenters. The molecule has 0 saturated heterocycles. The molecule has 0 aliphatic rings. The quantitative estimate of drug-likeness (QED) is 0.557. The van der Waals surface area contributed by atoms with Crippen LogP contribution in [0.2, 0.25) is 5.02 Å². The highest BCUT2D eigenvalue weighted by Crippen LogP contribution is 2.30. The van der Waals surface area contributed by atoms with E-state index in [1.807, 2.05) is 66.9 Å². The van der Waals surface area contributed by atoms with Crippen LogP contribution in [-0.4, -0.2) is 39.6 Å². The summed E-state index contributed by atoms with van der Waals surface area (Å²) in [5.74, 6) is 1.67. The molecular formula is C20H21ClN4O2S. The molecule has 0 fully saturated rings. The van der Waals surface area contributed by atoms with Crippen LogP contribution in [0, 0.1) is 0 Å². The lowest BCUT2D eigenvalue weighted by Gasteiger charge is -2.11. The Bertz CT molecular complexity index is 944. The number of ether oxygens (including phenoxy) is 1. The molecule has 8 heteroatoms. The molecule has 1 aromatic heterocycles. The third-order valence-electron chi connectivity index (χ3n) is 3.83.